The molecule has 19 heavy (non-hydrogen) atoms. The van der Waals surface area contributed by atoms with E-state index in [-0.39, 0.29) is 13.2 Å². The molecular weight excluding hydrogens is 246 g/mol. The third-order valence-corrected chi connectivity index (χ3v) is 2.25. The van der Waals surface area contributed by atoms with Gasteiger partial charge in [0.15, 0.2) is 19.0 Å². The lowest BCUT2D eigenvalue weighted by Crippen LogP contribution is -2.16. The first kappa shape index (κ1) is 12.8. The first-order chi connectivity index (χ1) is 9.25. The van der Waals surface area contributed by atoms with Crippen LogP contribution in [0.15, 0.2) is 42.7 Å². The fourth-order valence-electron chi connectivity index (χ4n) is 1.34. The van der Waals surface area contributed by atoms with E-state index < -0.39 is 5.97 Å². The monoisotopic (exact) mass is 259 g/mol. The summed E-state index contributed by atoms with van der Waals surface area (Å²) < 4.78 is 10.2. The largest absolute Gasteiger partial charge is 0.480 e. The van der Waals surface area contributed by atoms with Gasteiger partial charge in [0.05, 0.1) is 5.69 Å². The van der Waals surface area contributed by atoms with Gasteiger partial charge in [-0.25, -0.2) is 14.8 Å². The molecule has 0 radical (unpaired) electrons. The van der Waals surface area contributed by atoms with Crippen LogP contribution >= 0.6 is 0 Å². The molecule has 98 valence electrons. The Kier molecular flexibility index (Phi) is 4.28. The standard InChI is InChI=1S/C13H13N3O3/c14-10-4-1-2-5-11(10)18-9-13(17)19-8-12-15-6-3-7-16-12/h1-7H,8-9,14H2. The third-order valence-electron chi connectivity index (χ3n) is 2.25. The number of carbonyl (C=O) groups is 1. The van der Waals surface area contributed by atoms with Crippen molar-refractivity contribution in [3.63, 3.8) is 0 Å². The molecule has 0 aliphatic carbocycles. The number of nitrogens with zero attached hydrogens (tertiary/aromatic N) is 2. The molecule has 0 saturated carbocycles. The summed E-state index contributed by atoms with van der Waals surface area (Å²) in [6.45, 7) is -0.186. The molecule has 0 atom stereocenters. The molecule has 0 aliphatic heterocycles. The average molecular weight is 259 g/mol. The number of para-hydroxylation sites is 2. The maximum atomic E-state index is 11.5. The molecule has 0 saturated heterocycles. The second-order valence-corrected chi connectivity index (χ2v) is 3.65. The van der Waals surface area contributed by atoms with Crippen molar-refractivity contribution in [1.29, 1.82) is 0 Å². The molecule has 2 N–H and O–H groups in total. The molecule has 1 aromatic carbocycles. The van der Waals surface area contributed by atoms with Crippen LogP contribution in [0.1, 0.15) is 5.82 Å². The van der Waals surface area contributed by atoms with Gasteiger partial charge in [-0.15, -0.1) is 0 Å². The minimum atomic E-state index is -0.504. The van der Waals surface area contributed by atoms with Crippen LogP contribution < -0.4 is 10.5 Å². The number of nitrogens with two attached hydrogens (primary N) is 1. The third kappa shape index (κ3) is 3.95. The van der Waals surface area contributed by atoms with E-state index in [0.29, 0.717) is 17.3 Å². The molecule has 1 aromatic heterocycles. The Hall–Kier alpha value is -2.63. The van der Waals surface area contributed by atoms with Crippen LogP contribution in [0.25, 0.3) is 0 Å². The van der Waals surface area contributed by atoms with E-state index in [2.05, 4.69) is 9.97 Å². The predicted molar refractivity (Wildman–Crippen MR) is 68.2 cm³/mol. The van der Waals surface area contributed by atoms with Crippen molar-refractivity contribution in [2.45, 2.75) is 6.61 Å². The van der Waals surface area contributed by atoms with Gasteiger partial charge < -0.3 is 15.2 Å². The lowest BCUT2D eigenvalue weighted by atomic mass is 10.3. The van der Waals surface area contributed by atoms with Crippen LogP contribution in [-0.4, -0.2) is 22.5 Å². The van der Waals surface area contributed by atoms with Gasteiger partial charge in [0.25, 0.3) is 0 Å². The zero-order valence-electron chi connectivity index (χ0n) is 10.2. The van der Waals surface area contributed by atoms with E-state index in [1.807, 2.05) is 0 Å². The number of aromatic nitrogens is 2. The van der Waals surface area contributed by atoms with Gasteiger partial charge in [0.1, 0.15) is 5.75 Å². The molecule has 0 bridgehead atoms. The summed E-state index contributed by atoms with van der Waals surface area (Å²) in [4.78, 5) is 19.3. The number of hydrogen-bond acceptors (Lipinski definition) is 6. The lowest BCUT2D eigenvalue weighted by Gasteiger charge is -2.08. The molecule has 0 unspecified atom stereocenters. The summed E-state index contributed by atoms with van der Waals surface area (Å²) >= 11 is 0. The Balaban J connectivity index is 1.78. The quantitative estimate of drug-likeness (QED) is 0.641. The molecule has 0 fully saturated rings. The van der Waals surface area contributed by atoms with Crippen LogP contribution in [0.3, 0.4) is 0 Å². The molecule has 0 spiro atoms. The second-order valence-electron chi connectivity index (χ2n) is 3.65. The Morgan fingerprint density at radius 3 is 2.63 bits per heavy atom. The summed E-state index contributed by atoms with van der Waals surface area (Å²) in [6.07, 6.45) is 3.16. The maximum absolute atomic E-state index is 11.5. The Morgan fingerprint density at radius 2 is 1.89 bits per heavy atom. The first-order valence-corrected chi connectivity index (χ1v) is 5.64. The van der Waals surface area contributed by atoms with Crippen LogP contribution in [0.2, 0.25) is 0 Å². The molecule has 0 amide bonds. The number of esters is 1. The van der Waals surface area contributed by atoms with Gasteiger partial charge in [-0.05, 0) is 18.2 Å². The highest BCUT2D eigenvalue weighted by molar-refractivity contribution is 5.71. The number of hydrogen-bond donors (Lipinski definition) is 1. The van der Waals surface area contributed by atoms with Crippen LogP contribution in [0, 0.1) is 0 Å². The van der Waals surface area contributed by atoms with Gasteiger partial charge >= 0.3 is 5.97 Å². The van der Waals surface area contributed by atoms with E-state index >= 15 is 0 Å². The molecular formula is C13H13N3O3. The van der Waals surface area contributed by atoms with Crippen LogP contribution in [0.4, 0.5) is 5.69 Å². The topological polar surface area (TPSA) is 87.3 Å². The van der Waals surface area contributed by atoms with Gasteiger partial charge in [-0.1, -0.05) is 12.1 Å². The second kappa shape index (κ2) is 6.34. The van der Waals surface area contributed by atoms with Crippen molar-refractivity contribution >= 4 is 11.7 Å². The van der Waals surface area contributed by atoms with Crippen molar-refractivity contribution in [3.05, 3.63) is 48.5 Å². The molecule has 2 rings (SSSR count). The highest BCUT2D eigenvalue weighted by atomic mass is 16.6. The number of benzene rings is 1. The fraction of sp³-hybridized carbons (Fsp3) is 0.154. The van der Waals surface area contributed by atoms with Gasteiger partial charge in [0.2, 0.25) is 0 Å². The van der Waals surface area contributed by atoms with Crippen molar-refractivity contribution in [3.8, 4) is 5.75 Å². The highest BCUT2D eigenvalue weighted by Gasteiger charge is 2.07. The Labute approximate surface area is 110 Å². The highest BCUT2D eigenvalue weighted by Crippen LogP contribution is 2.19. The molecule has 6 heteroatoms. The normalized spacial score (nSPS) is 9.89. The summed E-state index contributed by atoms with van der Waals surface area (Å²) in [7, 11) is 0. The SMILES string of the molecule is Nc1ccccc1OCC(=O)OCc1ncccn1. The number of ether oxygens (including phenoxy) is 2. The van der Waals surface area contributed by atoms with Crippen LogP contribution in [0.5, 0.6) is 5.75 Å². The van der Waals surface area contributed by atoms with Gasteiger partial charge in [-0.2, -0.15) is 0 Å². The predicted octanol–water partition coefficient (Wildman–Crippen LogP) is 1.18. The van der Waals surface area contributed by atoms with Crippen molar-refractivity contribution in [1.82, 2.24) is 9.97 Å². The molecule has 6 nitrogen and oxygen atoms in total. The molecule has 1 heterocycles. The Morgan fingerprint density at radius 1 is 1.16 bits per heavy atom. The van der Waals surface area contributed by atoms with Crippen LogP contribution in [-0.2, 0) is 16.1 Å². The van der Waals surface area contributed by atoms with Gasteiger partial charge in [-0.3, -0.25) is 0 Å². The van der Waals surface area contributed by atoms with Crippen molar-refractivity contribution in [2.24, 2.45) is 0 Å². The zero-order valence-corrected chi connectivity index (χ0v) is 10.2. The summed E-state index contributed by atoms with van der Waals surface area (Å²) in [6, 6.07) is 8.62. The number of rotatable bonds is 5. The van der Waals surface area contributed by atoms with E-state index in [9.17, 15) is 4.79 Å². The van der Waals surface area contributed by atoms with E-state index in [1.54, 1.807) is 42.7 Å². The van der Waals surface area contributed by atoms with E-state index in [4.69, 9.17) is 15.2 Å². The summed E-state index contributed by atoms with van der Waals surface area (Å²) in [5.41, 5.74) is 6.15. The lowest BCUT2D eigenvalue weighted by molar-refractivity contribution is -0.147. The summed E-state index contributed by atoms with van der Waals surface area (Å²) in [5.74, 6) is 0.390. The zero-order chi connectivity index (χ0) is 13.5. The van der Waals surface area contributed by atoms with Gasteiger partial charge in [0, 0.05) is 12.4 Å². The van der Waals surface area contributed by atoms with E-state index in [0.717, 1.165) is 0 Å². The number of anilines is 1. The minimum Gasteiger partial charge on any atom is -0.480 e. The minimum absolute atomic E-state index is 0.0211. The summed E-state index contributed by atoms with van der Waals surface area (Å²) in [5, 5.41) is 0. The smallest absolute Gasteiger partial charge is 0.344 e. The van der Waals surface area contributed by atoms with Crippen molar-refractivity contribution in [2.75, 3.05) is 12.3 Å². The molecule has 2 aromatic rings. The van der Waals surface area contributed by atoms with E-state index in [1.165, 1.54) is 0 Å². The average Bonchev–Trinajstić information content (AvgIpc) is 2.45. The molecule has 0 aliphatic rings. The fourth-order valence-corrected chi connectivity index (χ4v) is 1.34. The van der Waals surface area contributed by atoms with Crippen molar-refractivity contribution < 1.29 is 14.3 Å². The maximum Gasteiger partial charge on any atom is 0.344 e. The Bertz CT molecular complexity index is 546. The number of nitrogen functional groups attached to an aromatic ring is 1. The first-order valence-electron chi connectivity index (χ1n) is 5.64. The number of carbonyl (C=O) groups excluding carboxylic acids is 1.